The molecular formula is C18H24N4O2. The maximum absolute atomic E-state index is 11.7. The highest BCUT2D eigenvalue weighted by molar-refractivity contribution is 5.91. The van der Waals surface area contributed by atoms with Crippen molar-refractivity contribution >= 4 is 11.7 Å². The smallest absolute Gasteiger partial charge is 0.319 e. The van der Waals surface area contributed by atoms with E-state index in [1.54, 1.807) is 12.1 Å². The molecule has 0 saturated heterocycles. The molecule has 6 heteroatoms. The Labute approximate surface area is 141 Å². The Morgan fingerprint density at radius 3 is 3.00 bits per heavy atom. The molecule has 0 bridgehead atoms. The summed E-state index contributed by atoms with van der Waals surface area (Å²) in [7, 11) is 0. The zero-order valence-electron chi connectivity index (χ0n) is 14.4. The van der Waals surface area contributed by atoms with E-state index in [0.29, 0.717) is 18.2 Å². The maximum Gasteiger partial charge on any atom is 0.319 e. The minimum atomic E-state index is -0.334. The number of fused-ring (bicyclic) bond motifs is 1. The number of aromatic hydroxyl groups is 1. The van der Waals surface area contributed by atoms with Crippen molar-refractivity contribution < 1.29 is 9.90 Å². The van der Waals surface area contributed by atoms with Crippen LogP contribution in [0, 0.1) is 12.8 Å². The molecule has 3 rings (SSSR count). The van der Waals surface area contributed by atoms with Crippen molar-refractivity contribution in [2.45, 2.75) is 40.2 Å². The van der Waals surface area contributed by atoms with E-state index in [2.05, 4.69) is 29.0 Å². The normalized spacial score (nSPS) is 16.5. The predicted molar refractivity (Wildman–Crippen MR) is 94.2 cm³/mol. The summed E-state index contributed by atoms with van der Waals surface area (Å²) < 4.78 is 2.28. The lowest BCUT2D eigenvalue weighted by molar-refractivity contribution is 0.252. The predicted octanol–water partition coefficient (Wildman–Crippen LogP) is 3.29. The molecule has 1 aromatic carbocycles. The van der Waals surface area contributed by atoms with Crippen LogP contribution in [0.5, 0.6) is 5.75 Å². The SMILES string of the molecule is CCNC(=O)Nc1cc(-c2nc3n(c2C)CCC(C)C3)ccc1O. The van der Waals surface area contributed by atoms with E-state index >= 15 is 0 Å². The van der Waals surface area contributed by atoms with Gasteiger partial charge in [-0.25, -0.2) is 9.78 Å². The van der Waals surface area contributed by atoms with E-state index in [1.807, 2.05) is 13.0 Å². The lowest BCUT2D eigenvalue weighted by Crippen LogP contribution is -2.28. The molecule has 3 N–H and O–H groups in total. The van der Waals surface area contributed by atoms with Gasteiger partial charge in [-0.1, -0.05) is 6.92 Å². The number of anilines is 1. The number of rotatable bonds is 3. The fraction of sp³-hybridized carbons (Fsp3) is 0.444. The van der Waals surface area contributed by atoms with Crippen LogP contribution >= 0.6 is 0 Å². The van der Waals surface area contributed by atoms with Crippen LogP contribution < -0.4 is 10.6 Å². The van der Waals surface area contributed by atoms with Crippen molar-refractivity contribution in [1.29, 1.82) is 0 Å². The Balaban J connectivity index is 1.94. The van der Waals surface area contributed by atoms with Crippen molar-refractivity contribution in [1.82, 2.24) is 14.9 Å². The molecule has 0 saturated carbocycles. The summed E-state index contributed by atoms with van der Waals surface area (Å²) in [6.07, 6.45) is 2.16. The molecule has 1 atom stereocenters. The summed E-state index contributed by atoms with van der Waals surface area (Å²) in [6, 6.07) is 4.87. The molecule has 0 spiro atoms. The first kappa shape index (κ1) is 16.4. The van der Waals surface area contributed by atoms with Gasteiger partial charge in [0.05, 0.1) is 11.4 Å². The Bertz CT molecular complexity index is 767. The fourth-order valence-electron chi connectivity index (χ4n) is 3.19. The molecule has 0 radical (unpaired) electrons. The summed E-state index contributed by atoms with van der Waals surface area (Å²) in [4.78, 5) is 16.5. The number of carbonyl (C=O) groups excluding carboxylic acids is 1. The molecule has 2 heterocycles. The van der Waals surface area contributed by atoms with Gasteiger partial charge in [0.25, 0.3) is 0 Å². The number of phenolic OH excluding ortho intramolecular Hbond substituents is 1. The molecule has 1 aromatic heterocycles. The number of amides is 2. The lowest BCUT2D eigenvalue weighted by Gasteiger charge is -2.20. The van der Waals surface area contributed by atoms with Crippen molar-refractivity contribution in [2.24, 2.45) is 5.92 Å². The van der Waals surface area contributed by atoms with E-state index in [4.69, 9.17) is 4.98 Å². The van der Waals surface area contributed by atoms with E-state index in [9.17, 15) is 9.90 Å². The second-order valence-corrected chi connectivity index (χ2v) is 6.43. The first-order valence-corrected chi connectivity index (χ1v) is 8.43. The number of benzene rings is 1. The van der Waals surface area contributed by atoms with Gasteiger partial charge < -0.3 is 20.3 Å². The topological polar surface area (TPSA) is 79.2 Å². The van der Waals surface area contributed by atoms with Crippen molar-refractivity contribution in [3.63, 3.8) is 0 Å². The Kier molecular flexibility index (Phi) is 4.46. The zero-order valence-corrected chi connectivity index (χ0v) is 14.4. The molecule has 1 aliphatic rings. The van der Waals surface area contributed by atoms with Crippen LogP contribution in [0.2, 0.25) is 0 Å². The van der Waals surface area contributed by atoms with E-state index < -0.39 is 0 Å². The van der Waals surface area contributed by atoms with Gasteiger partial charge in [0, 0.05) is 30.8 Å². The Morgan fingerprint density at radius 2 is 2.25 bits per heavy atom. The van der Waals surface area contributed by atoms with Crippen LogP contribution in [-0.2, 0) is 13.0 Å². The molecule has 1 aliphatic heterocycles. The van der Waals surface area contributed by atoms with Crippen molar-refractivity contribution in [2.75, 3.05) is 11.9 Å². The summed E-state index contributed by atoms with van der Waals surface area (Å²) in [6.45, 7) is 7.69. The molecule has 1 unspecified atom stereocenters. The van der Waals surface area contributed by atoms with Gasteiger partial charge in [-0.3, -0.25) is 0 Å². The third kappa shape index (κ3) is 3.09. The van der Waals surface area contributed by atoms with E-state index in [0.717, 1.165) is 35.7 Å². The standard InChI is InChI=1S/C18H24N4O2/c1-4-19-18(24)20-14-10-13(5-6-15(14)23)17-12(3)22-8-7-11(2)9-16(22)21-17/h5-6,10-11,23H,4,7-9H2,1-3H3,(H2,19,20,24). The monoisotopic (exact) mass is 328 g/mol. The van der Waals surface area contributed by atoms with Gasteiger partial charge in [-0.2, -0.15) is 0 Å². The number of aromatic nitrogens is 2. The number of nitrogens with one attached hydrogen (secondary N) is 2. The first-order valence-electron chi connectivity index (χ1n) is 8.43. The molecule has 128 valence electrons. The maximum atomic E-state index is 11.7. The highest BCUT2D eigenvalue weighted by atomic mass is 16.3. The summed E-state index contributed by atoms with van der Waals surface area (Å²) in [5, 5.41) is 15.3. The van der Waals surface area contributed by atoms with Crippen LogP contribution in [0.4, 0.5) is 10.5 Å². The first-order chi connectivity index (χ1) is 11.5. The number of carbonyl (C=O) groups is 1. The van der Waals surface area contributed by atoms with Crippen LogP contribution in [0.15, 0.2) is 18.2 Å². The highest BCUT2D eigenvalue weighted by Crippen LogP contribution is 2.33. The fourth-order valence-corrected chi connectivity index (χ4v) is 3.19. The summed E-state index contributed by atoms with van der Waals surface area (Å²) in [5.41, 5.74) is 3.33. The zero-order chi connectivity index (χ0) is 17.3. The van der Waals surface area contributed by atoms with Crippen LogP contribution in [-0.4, -0.2) is 27.2 Å². The molecule has 24 heavy (non-hydrogen) atoms. The second-order valence-electron chi connectivity index (χ2n) is 6.43. The number of urea groups is 1. The van der Waals surface area contributed by atoms with Crippen molar-refractivity contribution in [3.05, 3.63) is 29.7 Å². The van der Waals surface area contributed by atoms with Gasteiger partial charge in [-0.15, -0.1) is 0 Å². The minimum absolute atomic E-state index is 0.0419. The second kappa shape index (κ2) is 6.55. The third-order valence-electron chi connectivity index (χ3n) is 4.53. The largest absolute Gasteiger partial charge is 0.506 e. The number of hydrogen-bond acceptors (Lipinski definition) is 3. The molecule has 0 aliphatic carbocycles. The van der Waals surface area contributed by atoms with Gasteiger partial charge in [0.2, 0.25) is 0 Å². The summed E-state index contributed by atoms with van der Waals surface area (Å²) >= 11 is 0. The van der Waals surface area contributed by atoms with Crippen LogP contribution in [0.3, 0.4) is 0 Å². The van der Waals surface area contributed by atoms with E-state index in [-0.39, 0.29) is 11.8 Å². The van der Waals surface area contributed by atoms with Gasteiger partial charge >= 0.3 is 6.03 Å². The molecule has 6 nitrogen and oxygen atoms in total. The molecule has 2 aromatic rings. The lowest BCUT2D eigenvalue weighted by atomic mass is 10.0. The minimum Gasteiger partial charge on any atom is -0.506 e. The Hall–Kier alpha value is -2.50. The molecule has 2 amide bonds. The number of phenols is 1. The number of imidazole rings is 1. The number of nitrogens with zero attached hydrogens (tertiary/aromatic N) is 2. The molecular weight excluding hydrogens is 304 g/mol. The van der Waals surface area contributed by atoms with Gasteiger partial charge in [-0.05, 0) is 44.4 Å². The van der Waals surface area contributed by atoms with Crippen LogP contribution in [0.25, 0.3) is 11.3 Å². The van der Waals surface area contributed by atoms with Gasteiger partial charge in [0.15, 0.2) is 0 Å². The average Bonchev–Trinajstić information content (AvgIpc) is 2.86. The van der Waals surface area contributed by atoms with Crippen LogP contribution in [0.1, 0.15) is 31.8 Å². The summed E-state index contributed by atoms with van der Waals surface area (Å²) in [5.74, 6) is 1.81. The third-order valence-corrected chi connectivity index (χ3v) is 4.53. The molecule has 0 fully saturated rings. The van der Waals surface area contributed by atoms with Gasteiger partial charge in [0.1, 0.15) is 11.6 Å². The quantitative estimate of drug-likeness (QED) is 0.757. The Morgan fingerprint density at radius 1 is 1.46 bits per heavy atom. The highest BCUT2D eigenvalue weighted by Gasteiger charge is 2.22. The number of hydrogen-bond donors (Lipinski definition) is 3. The van der Waals surface area contributed by atoms with E-state index in [1.165, 1.54) is 6.42 Å². The van der Waals surface area contributed by atoms with Crippen molar-refractivity contribution in [3.8, 4) is 17.0 Å². The average molecular weight is 328 g/mol.